The molecule has 0 aliphatic heterocycles. The first-order valence-corrected chi connectivity index (χ1v) is 10.4. The van der Waals surface area contributed by atoms with E-state index in [-0.39, 0.29) is 11.6 Å². The number of carbonyl (C=O) groups excluding carboxylic acids is 1. The maximum atomic E-state index is 11.2. The molecular formula is C16H32O3Si. The largest absolute Gasteiger partial charge is 0.463 e. The van der Waals surface area contributed by atoms with Gasteiger partial charge in [-0.05, 0) is 51.7 Å². The summed E-state index contributed by atoms with van der Waals surface area (Å²) in [6, 6.07) is 3.50. The molecule has 0 amide bonds. The molecular weight excluding hydrogens is 268 g/mol. The molecule has 4 heteroatoms. The summed E-state index contributed by atoms with van der Waals surface area (Å²) in [5.74, 6) is -0.259. The van der Waals surface area contributed by atoms with E-state index < -0.39 is 8.32 Å². The van der Waals surface area contributed by atoms with Crippen LogP contribution >= 0.6 is 0 Å². The van der Waals surface area contributed by atoms with Crippen LogP contribution in [0.25, 0.3) is 0 Å². The Bertz CT molecular complexity index is 299. The highest BCUT2D eigenvalue weighted by molar-refractivity contribution is 6.73. The summed E-state index contributed by atoms with van der Waals surface area (Å²) in [5, 5.41) is 0. The molecule has 0 rings (SSSR count). The lowest BCUT2D eigenvalue weighted by Gasteiger charge is -2.38. The maximum Gasteiger partial charge on any atom is 0.330 e. The molecule has 0 aromatic carbocycles. The fraction of sp³-hybridized carbons (Fsp3) is 0.812. The van der Waals surface area contributed by atoms with Gasteiger partial charge in [0.15, 0.2) is 8.32 Å². The molecule has 0 aliphatic carbocycles. The lowest BCUT2D eigenvalue weighted by molar-refractivity contribution is -0.138. The highest BCUT2D eigenvalue weighted by Crippen LogP contribution is 2.30. The normalized spacial score (nSPS) is 12.9. The topological polar surface area (TPSA) is 35.5 Å². The Morgan fingerprint density at radius 2 is 1.70 bits per heavy atom. The van der Waals surface area contributed by atoms with Gasteiger partial charge >= 0.3 is 5.97 Å². The molecule has 0 heterocycles. The van der Waals surface area contributed by atoms with Crippen LogP contribution < -0.4 is 0 Å². The van der Waals surface area contributed by atoms with E-state index >= 15 is 0 Å². The highest BCUT2D eigenvalue weighted by atomic mass is 28.4. The van der Waals surface area contributed by atoms with Crippen molar-refractivity contribution in [1.29, 1.82) is 0 Å². The number of ether oxygens (including phenoxy) is 1. The molecule has 0 atom stereocenters. The van der Waals surface area contributed by atoms with Crippen molar-refractivity contribution < 1.29 is 14.0 Å². The smallest absolute Gasteiger partial charge is 0.330 e. The average Bonchev–Trinajstić information content (AvgIpc) is 2.41. The first-order valence-electron chi connectivity index (χ1n) is 7.84. The van der Waals surface area contributed by atoms with Crippen molar-refractivity contribution in [2.45, 2.75) is 78.1 Å². The molecule has 118 valence electrons. The lowest BCUT2D eigenvalue weighted by Crippen LogP contribution is -2.44. The van der Waals surface area contributed by atoms with E-state index in [0.29, 0.717) is 6.61 Å². The number of carbonyl (C=O) groups is 1. The van der Waals surface area contributed by atoms with Gasteiger partial charge in [0.2, 0.25) is 0 Å². The molecule has 20 heavy (non-hydrogen) atoms. The van der Waals surface area contributed by atoms with E-state index in [2.05, 4.69) is 34.6 Å². The third-order valence-corrected chi connectivity index (χ3v) is 8.75. The van der Waals surface area contributed by atoms with E-state index in [1.54, 1.807) is 6.08 Å². The summed E-state index contributed by atoms with van der Waals surface area (Å²) in [7, 11) is -1.57. The summed E-state index contributed by atoms with van der Waals surface area (Å²) in [6.07, 6.45) is 4.91. The zero-order valence-electron chi connectivity index (χ0n) is 14.1. The average molecular weight is 301 g/mol. The fourth-order valence-corrected chi connectivity index (χ4v) is 5.67. The summed E-state index contributed by atoms with van der Waals surface area (Å²) in [4.78, 5) is 11.2. The molecule has 0 unspecified atom stereocenters. The molecule has 3 nitrogen and oxygen atoms in total. The van der Waals surface area contributed by atoms with E-state index in [4.69, 9.17) is 9.16 Å². The zero-order chi connectivity index (χ0) is 15.6. The Balaban J connectivity index is 4.21. The second-order valence-corrected chi connectivity index (χ2v) is 10.6. The molecule has 0 aromatic heterocycles. The van der Waals surface area contributed by atoms with Crippen LogP contribution in [-0.2, 0) is 14.0 Å². The van der Waals surface area contributed by atoms with Crippen LogP contribution in [0.3, 0.4) is 0 Å². The third-order valence-electron chi connectivity index (χ3n) is 3.90. The number of hydrogen-bond acceptors (Lipinski definition) is 3. The molecule has 0 aliphatic rings. The fourth-order valence-electron chi connectivity index (χ4n) is 2.46. The molecule has 0 saturated heterocycles. The highest BCUT2D eigenvalue weighted by Gasteiger charge is 2.35. The standard InChI is InChI=1S/C16H32O3Si/c1-7-12-15(17)18-14-11-13-16(5,6)19-20(8-2,9-3)10-4/h7,12H,8-11,13-14H2,1-6H3. The number of esters is 1. The first kappa shape index (κ1) is 19.4. The lowest BCUT2D eigenvalue weighted by atomic mass is 10.0. The van der Waals surface area contributed by atoms with Gasteiger partial charge in [-0.2, -0.15) is 0 Å². The van der Waals surface area contributed by atoms with E-state index in [1.807, 2.05) is 6.92 Å². The van der Waals surface area contributed by atoms with Gasteiger partial charge in [0.1, 0.15) is 0 Å². The molecule has 0 aromatic rings. The second-order valence-electron chi connectivity index (χ2n) is 5.88. The zero-order valence-corrected chi connectivity index (χ0v) is 15.1. The molecule has 0 fully saturated rings. The third kappa shape index (κ3) is 7.24. The van der Waals surface area contributed by atoms with Crippen molar-refractivity contribution in [3.8, 4) is 0 Å². The van der Waals surface area contributed by atoms with Crippen LogP contribution in [0, 0.1) is 0 Å². The van der Waals surface area contributed by atoms with Crippen LogP contribution in [-0.4, -0.2) is 26.5 Å². The van der Waals surface area contributed by atoms with Crippen molar-refractivity contribution in [1.82, 2.24) is 0 Å². The van der Waals surface area contributed by atoms with Crippen molar-refractivity contribution in [3.63, 3.8) is 0 Å². The van der Waals surface area contributed by atoms with Crippen molar-refractivity contribution in [2.75, 3.05) is 6.61 Å². The first-order chi connectivity index (χ1) is 9.34. The van der Waals surface area contributed by atoms with Gasteiger partial charge in [0.25, 0.3) is 0 Å². The van der Waals surface area contributed by atoms with Gasteiger partial charge in [-0.3, -0.25) is 0 Å². The summed E-state index contributed by atoms with van der Waals surface area (Å²) in [6.45, 7) is 13.3. The predicted octanol–water partition coefficient (Wildman–Crippen LogP) is 4.69. The Morgan fingerprint density at radius 1 is 1.15 bits per heavy atom. The van der Waals surface area contributed by atoms with Crippen LogP contribution in [0.5, 0.6) is 0 Å². The van der Waals surface area contributed by atoms with E-state index in [0.717, 1.165) is 12.8 Å². The maximum absolute atomic E-state index is 11.2. The number of allylic oxidation sites excluding steroid dienone is 1. The summed E-state index contributed by atoms with van der Waals surface area (Å²) >= 11 is 0. The predicted molar refractivity (Wildman–Crippen MR) is 87.4 cm³/mol. The summed E-state index contributed by atoms with van der Waals surface area (Å²) < 4.78 is 11.6. The molecule has 0 bridgehead atoms. The molecule has 0 spiro atoms. The van der Waals surface area contributed by atoms with Gasteiger partial charge in [0, 0.05) is 6.08 Å². The Labute approximate surface area is 125 Å². The number of rotatable bonds is 10. The monoisotopic (exact) mass is 300 g/mol. The van der Waals surface area contributed by atoms with Gasteiger partial charge < -0.3 is 9.16 Å². The van der Waals surface area contributed by atoms with Crippen LogP contribution in [0.15, 0.2) is 12.2 Å². The Hall–Kier alpha value is -0.613. The Morgan fingerprint density at radius 3 is 2.15 bits per heavy atom. The molecule has 0 radical (unpaired) electrons. The van der Waals surface area contributed by atoms with Crippen LogP contribution in [0.1, 0.15) is 54.4 Å². The van der Waals surface area contributed by atoms with E-state index in [1.165, 1.54) is 24.2 Å². The SMILES string of the molecule is CC=CC(=O)OCCCC(C)(C)O[Si](CC)(CC)CC. The number of hydrogen-bond donors (Lipinski definition) is 0. The van der Waals surface area contributed by atoms with Crippen molar-refractivity contribution in [2.24, 2.45) is 0 Å². The second kappa shape index (κ2) is 9.35. The van der Waals surface area contributed by atoms with E-state index in [9.17, 15) is 4.79 Å². The summed E-state index contributed by atoms with van der Waals surface area (Å²) in [5.41, 5.74) is -0.124. The van der Waals surface area contributed by atoms with Crippen LogP contribution in [0.2, 0.25) is 18.1 Å². The van der Waals surface area contributed by atoms with Crippen LogP contribution in [0.4, 0.5) is 0 Å². The minimum Gasteiger partial charge on any atom is -0.463 e. The van der Waals surface area contributed by atoms with Gasteiger partial charge in [-0.1, -0.05) is 26.8 Å². The van der Waals surface area contributed by atoms with Crippen molar-refractivity contribution >= 4 is 14.3 Å². The van der Waals surface area contributed by atoms with Gasteiger partial charge in [-0.25, -0.2) is 4.79 Å². The minimum atomic E-state index is -1.57. The minimum absolute atomic E-state index is 0.124. The van der Waals surface area contributed by atoms with Gasteiger partial charge in [-0.15, -0.1) is 0 Å². The molecule has 0 N–H and O–H groups in total. The quantitative estimate of drug-likeness (QED) is 0.254. The Kier molecular flexibility index (Phi) is 9.06. The molecule has 0 saturated carbocycles. The van der Waals surface area contributed by atoms with Crippen molar-refractivity contribution in [3.05, 3.63) is 12.2 Å². The van der Waals surface area contributed by atoms with Gasteiger partial charge in [0.05, 0.1) is 12.2 Å².